The van der Waals surface area contributed by atoms with Crippen molar-refractivity contribution in [2.75, 3.05) is 45.8 Å². The number of hydrogen-bond acceptors (Lipinski definition) is 5. The Balaban J connectivity index is 1.03. The highest BCUT2D eigenvalue weighted by molar-refractivity contribution is 5.83. The van der Waals surface area contributed by atoms with Gasteiger partial charge in [-0.1, -0.05) is 12.8 Å². The summed E-state index contributed by atoms with van der Waals surface area (Å²) in [6.45, 7) is 5.83. The lowest BCUT2D eigenvalue weighted by atomic mass is 9.62. The van der Waals surface area contributed by atoms with E-state index in [1.54, 1.807) is 11.8 Å². The van der Waals surface area contributed by atoms with Gasteiger partial charge in [0.25, 0.3) is 5.91 Å². The summed E-state index contributed by atoms with van der Waals surface area (Å²) in [5, 5.41) is 3.11. The normalized spacial score (nSPS) is 39.4. The van der Waals surface area contributed by atoms with Gasteiger partial charge in [0.1, 0.15) is 6.10 Å². The van der Waals surface area contributed by atoms with Gasteiger partial charge >= 0.3 is 0 Å². The van der Waals surface area contributed by atoms with Crippen LogP contribution in [0, 0.1) is 35.5 Å². The van der Waals surface area contributed by atoms with Crippen LogP contribution in [0.15, 0.2) is 0 Å². The molecule has 6 fully saturated rings. The number of carbonyl (C=O) groups is 4. The summed E-state index contributed by atoms with van der Waals surface area (Å²) in [5.41, 5.74) is 0. The fourth-order valence-corrected chi connectivity index (χ4v) is 8.77. The third-order valence-corrected chi connectivity index (χ3v) is 10.7. The van der Waals surface area contributed by atoms with E-state index in [-0.39, 0.29) is 47.7 Å². The molecule has 2 saturated carbocycles. The second-order valence-corrected chi connectivity index (χ2v) is 12.7. The Morgan fingerprint density at radius 1 is 0.789 bits per heavy atom. The molecule has 0 radical (unpaired) electrons. The van der Waals surface area contributed by atoms with Crippen LogP contribution in [0.4, 0.5) is 0 Å². The van der Waals surface area contributed by atoms with E-state index in [1.165, 1.54) is 12.8 Å². The molecule has 0 aromatic heterocycles. The van der Waals surface area contributed by atoms with E-state index >= 15 is 0 Å². The van der Waals surface area contributed by atoms with Gasteiger partial charge in [-0.05, 0) is 68.6 Å². The number of nitrogens with zero attached hydrogens (tertiary/aromatic N) is 3. The van der Waals surface area contributed by atoms with Crippen molar-refractivity contribution in [3.8, 4) is 0 Å². The minimum Gasteiger partial charge on any atom is -0.365 e. The van der Waals surface area contributed by atoms with E-state index in [1.807, 2.05) is 9.80 Å². The second kappa shape index (κ2) is 10.8. The largest absolute Gasteiger partial charge is 0.365 e. The molecule has 0 spiro atoms. The minimum atomic E-state index is -0.377. The second-order valence-electron chi connectivity index (χ2n) is 12.7. The molecule has 4 aliphatic heterocycles. The predicted octanol–water partition coefficient (Wildman–Crippen LogP) is 1.65. The van der Waals surface area contributed by atoms with Crippen LogP contribution in [0.5, 0.6) is 0 Å². The minimum absolute atomic E-state index is 0.0361. The molecule has 0 aromatic rings. The monoisotopic (exact) mass is 528 g/mol. The number of amides is 4. The van der Waals surface area contributed by atoms with E-state index in [9.17, 15) is 19.2 Å². The molecule has 9 heteroatoms. The highest BCUT2D eigenvalue weighted by atomic mass is 16.5. The lowest BCUT2D eigenvalue weighted by Gasteiger charge is -2.43. The average molecular weight is 529 g/mol. The van der Waals surface area contributed by atoms with Crippen molar-refractivity contribution in [1.29, 1.82) is 0 Å². The number of piperidine rings is 1. The highest BCUT2D eigenvalue weighted by Gasteiger charge is 2.52. The van der Waals surface area contributed by atoms with Gasteiger partial charge in [-0.2, -0.15) is 0 Å². The highest BCUT2D eigenvalue weighted by Crippen LogP contribution is 2.50. The van der Waals surface area contributed by atoms with Gasteiger partial charge in [-0.15, -0.1) is 0 Å². The maximum absolute atomic E-state index is 13.5. The number of nitrogens with one attached hydrogen (secondary N) is 1. The molecule has 9 nitrogen and oxygen atoms in total. The Bertz CT molecular complexity index is 949. The molecule has 6 rings (SSSR count). The van der Waals surface area contributed by atoms with Crippen LogP contribution in [-0.4, -0.2) is 96.3 Å². The van der Waals surface area contributed by atoms with Gasteiger partial charge in [0.2, 0.25) is 17.7 Å². The molecule has 0 aromatic carbocycles. The lowest BCUT2D eigenvalue weighted by molar-refractivity contribution is -0.151. The first-order chi connectivity index (χ1) is 18.4. The Hall–Kier alpha value is -2.16. The van der Waals surface area contributed by atoms with Crippen LogP contribution in [0.2, 0.25) is 0 Å². The summed E-state index contributed by atoms with van der Waals surface area (Å²) < 4.78 is 6.61. The summed E-state index contributed by atoms with van der Waals surface area (Å²) in [6.07, 6.45) is 9.03. The topological polar surface area (TPSA) is 99.3 Å². The molecule has 6 aliphatic rings. The molecule has 8 unspecified atom stereocenters. The summed E-state index contributed by atoms with van der Waals surface area (Å²) in [5.74, 6) is 2.36. The van der Waals surface area contributed by atoms with Crippen LogP contribution >= 0.6 is 0 Å². The average Bonchev–Trinajstić information content (AvgIpc) is 3.56. The third kappa shape index (κ3) is 4.84. The van der Waals surface area contributed by atoms with Crippen molar-refractivity contribution in [3.05, 3.63) is 0 Å². The van der Waals surface area contributed by atoms with Crippen molar-refractivity contribution in [2.24, 2.45) is 35.5 Å². The summed E-state index contributed by atoms with van der Waals surface area (Å²) in [6, 6.07) is 0. The first kappa shape index (κ1) is 26.1. The first-order valence-corrected chi connectivity index (χ1v) is 15.2. The standard InChI is InChI=1S/C29H44N4O5/c1-18(34)33-10-4-6-20(17-33)28(36)31-11-13-32(14-12-31)29(37)25-15-19-5-2-8-22(26(19)38-25)21-7-3-9-23-24(21)16-30-27(23)35/h19-26H,2-17H2,1H3,(H,30,35). The molecule has 0 bridgehead atoms. The molecule has 38 heavy (non-hydrogen) atoms. The molecule has 210 valence electrons. The van der Waals surface area contributed by atoms with E-state index < -0.39 is 0 Å². The number of rotatable bonds is 3. The summed E-state index contributed by atoms with van der Waals surface area (Å²) in [4.78, 5) is 56.4. The van der Waals surface area contributed by atoms with Gasteiger partial charge in [0.15, 0.2) is 0 Å². The van der Waals surface area contributed by atoms with Crippen LogP contribution in [-0.2, 0) is 23.9 Å². The summed E-state index contributed by atoms with van der Waals surface area (Å²) in [7, 11) is 0. The predicted molar refractivity (Wildman–Crippen MR) is 140 cm³/mol. The fraction of sp³-hybridized carbons (Fsp3) is 0.862. The number of fused-ring (bicyclic) bond motifs is 2. The Kier molecular flexibility index (Phi) is 7.40. The van der Waals surface area contributed by atoms with Crippen LogP contribution in [0.1, 0.15) is 64.7 Å². The number of piperazine rings is 1. The number of carbonyl (C=O) groups excluding carboxylic acids is 4. The van der Waals surface area contributed by atoms with Crippen molar-refractivity contribution < 1.29 is 23.9 Å². The van der Waals surface area contributed by atoms with Gasteiger partial charge in [0.05, 0.1) is 12.0 Å². The summed E-state index contributed by atoms with van der Waals surface area (Å²) >= 11 is 0. The molecular formula is C29H44N4O5. The molecular weight excluding hydrogens is 484 g/mol. The van der Waals surface area contributed by atoms with Gasteiger partial charge in [0, 0.05) is 58.7 Å². The SMILES string of the molecule is CC(=O)N1CCCC(C(=O)N2CCN(C(=O)C3CC4CCCC(C5CCCC6C(=O)NCC65)C4O3)CC2)C1. The molecule has 1 N–H and O–H groups in total. The van der Waals surface area contributed by atoms with Crippen molar-refractivity contribution in [3.63, 3.8) is 0 Å². The molecule has 4 heterocycles. The molecule has 4 amide bonds. The first-order valence-electron chi connectivity index (χ1n) is 15.2. The Morgan fingerprint density at radius 2 is 1.50 bits per heavy atom. The lowest BCUT2D eigenvalue weighted by Crippen LogP contribution is -2.55. The van der Waals surface area contributed by atoms with Gasteiger partial charge in [-0.25, -0.2) is 0 Å². The zero-order valence-corrected chi connectivity index (χ0v) is 22.8. The van der Waals surface area contributed by atoms with E-state index in [2.05, 4.69) is 5.32 Å². The van der Waals surface area contributed by atoms with Crippen molar-refractivity contribution in [2.45, 2.75) is 76.9 Å². The number of hydrogen-bond donors (Lipinski definition) is 1. The van der Waals surface area contributed by atoms with Crippen LogP contribution in [0.25, 0.3) is 0 Å². The number of ether oxygens (including phenoxy) is 1. The Morgan fingerprint density at radius 3 is 2.26 bits per heavy atom. The van der Waals surface area contributed by atoms with Crippen LogP contribution in [0.3, 0.4) is 0 Å². The zero-order chi connectivity index (χ0) is 26.4. The van der Waals surface area contributed by atoms with Crippen LogP contribution < -0.4 is 5.32 Å². The van der Waals surface area contributed by atoms with Gasteiger partial charge < -0.3 is 24.8 Å². The van der Waals surface area contributed by atoms with E-state index in [4.69, 9.17) is 4.74 Å². The van der Waals surface area contributed by atoms with E-state index in [0.717, 1.165) is 58.0 Å². The zero-order valence-electron chi connectivity index (χ0n) is 22.8. The molecule has 8 atom stereocenters. The van der Waals surface area contributed by atoms with E-state index in [0.29, 0.717) is 56.4 Å². The van der Waals surface area contributed by atoms with Crippen molar-refractivity contribution >= 4 is 23.6 Å². The quantitative estimate of drug-likeness (QED) is 0.601. The number of likely N-dealkylation sites (tertiary alicyclic amines) is 1. The Labute approximate surface area is 226 Å². The maximum Gasteiger partial charge on any atom is 0.251 e. The van der Waals surface area contributed by atoms with Crippen molar-refractivity contribution in [1.82, 2.24) is 20.0 Å². The maximum atomic E-state index is 13.5. The smallest absolute Gasteiger partial charge is 0.251 e. The molecule has 4 saturated heterocycles. The molecule has 2 aliphatic carbocycles. The van der Waals surface area contributed by atoms with Gasteiger partial charge in [-0.3, -0.25) is 19.2 Å². The third-order valence-electron chi connectivity index (χ3n) is 10.7. The fourth-order valence-electron chi connectivity index (χ4n) is 8.77.